The summed E-state index contributed by atoms with van der Waals surface area (Å²) in [5.41, 5.74) is 4.94. The number of nitrogens with zero attached hydrogens (tertiary/aromatic N) is 1. The van der Waals surface area contributed by atoms with Gasteiger partial charge in [0.1, 0.15) is 5.76 Å². The lowest BCUT2D eigenvalue weighted by Crippen LogP contribution is -1.95. The molecule has 0 unspecified atom stereocenters. The predicted molar refractivity (Wildman–Crippen MR) is 96.2 cm³/mol. The topological polar surface area (TPSA) is 26.0 Å². The average Bonchev–Trinajstić information content (AvgIpc) is 3.23. The Bertz CT molecular complexity index is 1010. The lowest BCUT2D eigenvalue weighted by atomic mass is 9.95. The molecular formula is C20H16ClNO. The van der Waals surface area contributed by atoms with Gasteiger partial charge in [-0.1, -0.05) is 30.3 Å². The van der Waals surface area contributed by atoms with Crippen LogP contribution < -0.4 is 0 Å². The molecule has 5 rings (SSSR count). The van der Waals surface area contributed by atoms with Crippen LogP contribution in [0.15, 0.2) is 59.2 Å². The van der Waals surface area contributed by atoms with Crippen LogP contribution in [0.1, 0.15) is 17.7 Å². The summed E-state index contributed by atoms with van der Waals surface area (Å²) in [6.07, 6.45) is 5.11. The van der Waals surface area contributed by atoms with E-state index in [4.69, 9.17) is 9.40 Å². The van der Waals surface area contributed by atoms with E-state index in [0.717, 1.165) is 24.1 Å². The van der Waals surface area contributed by atoms with Crippen molar-refractivity contribution in [3.8, 4) is 11.3 Å². The zero-order valence-electron chi connectivity index (χ0n) is 12.6. The van der Waals surface area contributed by atoms with Crippen molar-refractivity contribution in [2.24, 2.45) is 0 Å². The highest BCUT2D eigenvalue weighted by Crippen LogP contribution is 2.40. The van der Waals surface area contributed by atoms with Crippen molar-refractivity contribution in [1.29, 1.82) is 0 Å². The molecule has 3 heteroatoms. The first-order chi connectivity index (χ1) is 10.9. The second-order valence-corrected chi connectivity index (χ2v) is 5.92. The Morgan fingerprint density at radius 3 is 2.70 bits per heavy atom. The number of benzene rings is 2. The highest BCUT2D eigenvalue weighted by atomic mass is 35.5. The second kappa shape index (κ2) is 5.39. The minimum Gasteiger partial charge on any atom is -0.464 e. The van der Waals surface area contributed by atoms with Crippen LogP contribution in [0.5, 0.6) is 0 Å². The molecule has 0 fully saturated rings. The van der Waals surface area contributed by atoms with Crippen molar-refractivity contribution >= 4 is 34.1 Å². The number of hydrogen-bond acceptors (Lipinski definition) is 2. The average molecular weight is 322 g/mol. The van der Waals surface area contributed by atoms with Crippen LogP contribution in [0.2, 0.25) is 0 Å². The van der Waals surface area contributed by atoms with E-state index in [0.29, 0.717) is 0 Å². The Kier molecular flexibility index (Phi) is 3.35. The van der Waals surface area contributed by atoms with Crippen molar-refractivity contribution < 1.29 is 4.42 Å². The minimum atomic E-state index is 0. The molecule has 0 atom stereocenters. The minimum absolute atomic E-state index is 0. The molecule has 2 aromatic carbocycles. The number of halogens is 1. The van der Waals surface area contributed by atoms with Crippen molar-refractivity contribution in [3.05, 3.63) is 66.1 Å². The van der Waals surface area contributed by atoms with E-state index in [-0.39, 0.29) is 12.4 Å². The molecule has 0 saturated heterocycles. The molecule has 1 aliphatic rings. The number of fused-ring (bicyclic) bond motifs is 4. The smallest absolute Gasteiger partial charge is 0.134 e. The maximum atomic E-state index is 5.77. The van der Waals surface area contributed by atoms with E-state index in [1.807, 2.05) is 6.07 Å². The Morgan fingerprint density at radius 1 is 0.913 bits per heavy atom. The van der Waals surface area contributed by atoms with E-state index < -0.39 is 0 Å². The van der Waals surface area contributed by atoms with E-state index in [9.17, 15) is 0 Å². The summed E-state index contributed by atoms with van der Waals surface area (Å²) in [5, 5.41) is 3.74. The molecule has 0 saturated carbocycles. The van der Waals surface area contributed by atoms with Gasteiger partial charge in [-0.05, 0) is 53.8 Å². The molecular weight excluding hydrogens is 306 g/mol. The first-order valence-corrected chi connectivity index (χ1v) is 7.79. The Balaban J connectivity index is 0.00000135. The van der Waals surface area contributed by atoms with Gasteiger partial charge in [0.05, 0.1) is 11.8 Å². The van der Waals surface area contributed by atoms with Crippen LogP contribution in [0, 0.1) is 0 Å². The Hall–Kier alpha value is -2.32. The summed E-state index contributed by atoms with van der Waals surface area (Å²) in [4.78, 5) is 4.93. The maximum absolute atomic E-state index is 5.77. The van der Waals surface area contributed by atoms with Gasteiger partial charge < -0.3 is 4.42 Å². The SMILES string of the molecule is Cl.c1coc(-c2c3c(nc4ccc5ccccc5c24)CCC3)c1. The van der Waals surface area contributed by atoms with Gasteiger partial charge >= 0.3 is 0 Å². The van der Waals surface area contributed by atoms with Crippen LogP contribution >= 0.6 is 12.4 Å². The normalized spacial score (nSPS) is 13.2. The predicted octanol–water partition coefficient (Wildman–Crippen LogP) is 5.56. The van der Waals surface area contributed by atoms with Crippen LogP contribution in [-0.4, -0.2) is 4.98 Å². The summed E-state index contributed by atoms with van der Waals surface area (Å²) in [6, 6.07) is 16.9. The van der Waals surface area contributed by atoms with Crippen molar-refractivity contribution in [2.45, 2.75) is 19.3 Å². The van der Waals surface area contributed by atoms with E-state index in [2.05, 4.69) is 42.5 Å². The van der Waals surface area contributed by atoms with Crippen molar-refractivity contribution in [3.63, 3.8) is 0 Å². The third kappa shape index (κ3) is 2.06. The van der Waals surface area contributed by atoms with Gasteiger partial charge in [0.15, 0.2) is 0 Å². The van der Waals surface area contributed by atoms with Gasteiger partial charge in [-0.3, -0.25) is 4.98 Å². The number of aryl methyl sites for hydroxylation is 1. The lowest BCUT2D eigenvalue weighted by Gasteiger charge is -2.13. The van der Waals surface area contributed by atoms with Gasteiger partial charge in [0.2, 0.25) is 0 Å². The number of aromatic nitrogens is 1. The molecule has 0 bridgehead atoms. The summed E-state index contributed by atoms with van der Waals surface area (Å²) >= 11 is 0. The third-order valence-corrected chi connectivity index (χ3v) is 4.67. The number of furan rings is 1. The molecule has 1 aliphatic carbocycles. The van der Waals surface area contributed by atoms with Gasteiger partial charge in [-0.25, -0.2) is 0 Å². The maximum Gasteiger partial charge on any atom is 0.134 e. The van der Waals surface area contributed by atoms with Gasteiger partial charge in [0, 0.05) is 16.6 Å². The van der Waals surface area contributed by atoms with Gasteiger partial charge in [-0.2, -0.15) is 0 Å². The highest BCUT2D eigenvalue weighted by Gasteiger charge is 2.22. The first kappa shape index (κ1) is 14.3. The summed E-state index contributed by atoms with van der Waals surface area (Å²) < 4.78 is 5.77. The zero-order chi connectivity index (χ0) is 14.5. The Labute approximate surface area is 140 Å². The summed E-state index contributed by atoms with van der Waals surface area (Å²) in [7, 11) is 0. The lowest BCUT2D eigenvalue weighted by molar-refractivity contribution is 0.582. The molecule has 2 aromatic heterocycles. The van der Waals surface area contributed by atoms with Crippen LogP contribution in [-0.2, 0) is 12.8 Å². The van der Waals surface area contributed by atoms with Crippen LogP contribution in [0.3, 0.4) is 0 Å². The monoisotopic (exact) mass is 321 g/mol. The summed E-state index contributed by atoms with van der Waals surface area (Å²) in [5.74, 6) is 0.960. The number of hydrogen-bond donors (Lipinski definition) is 0. The second-order valence-electron chi connectivity index (χ2n) is 5.92. The molecule has 0 N–H and O–H groups in total. The molecule has 4 aromatic rings. The molecule has 0 amide bonds. The fourth-order valence-corrected chi connectivity index (χ4v) is 3.73. The van der Waals surface area contributed by atoms with Crippen molar-refractivity contribution in [1.82, 2.24) is 4.98 Å². The van der Waals surface area contributed by atoms with Crippen molar-refractivity contribution in [2.75, 3.05) is 0 Å². The molecule has 114 valence electrons. The Morgan fingerprint density at radius 2 is 1.83 bits per heavy atom. The van der Waals surface area contributed by atoms with E-state index in [1.54, 1.807) is 6.26 Å². The first-order valence-electron chi connectivity index (χ1n) is 7.79. The van der Waals surface area contributed by atoms with E-state index in [1.165, 1.54) is 39.4 Å². The van der Waals surface area contributed by atoms with E-state index >= 15 is 0 Å². The molecule has 2 nitrogen and oxygen atoms in total. The summed E-state index contributed by atoms with van der Waals surface area (Å²) in [6.45, 7) is 0. The van der Waals surface area contributed by atoms with Gasteiger partial charge in [-0.15, -0.1) is 12.4 Å². The highest BCUT2D eigenvalue weighted by molar-refractivity contribution is 6.13. The molecule has 0 aliphatic heterocycles. The molecule has 2 heterocycles. The largest absolute Gasteiger partial charge is 0.464 e. The van der Waals surface area contributed by atoms with Crippen LogP contribution in [0.25, 0.3) is 33.0 Å². The van der Waals surface area contributed by atoms with Gasteiger partial charge in [0.25, 0.3) is 0 Å². The molecule has 23 heavy (non-hydrogen) atoms. The molecule has 0 spiro atoms. The van der Waals surface area contributed by atoms with Crippen LogP contribution in [0.4, 0.5) is 0 Å². The third-order valence-electron chi connectivity index (χ3n) is 4.67. The number of rotatable bonds is 1. The standard InChI is InChI=1S/C20H15NO.ClH/c1-2-6-14-13(5-1)10-11-17-19(14)20(18-9-4-12-22-18)15-7-3-8-16(15)21-17;/h1-2,4-6,9-12H,3,7-8H2;1H. The zero-order valence-corrected chi connectivity index (χ0v) is 13.4. The fourth-order valence-electron chi connectivity index (χ4n) is 3.73. The quantitative estimate of drug-likeness (QED) is 0.429. The fraction of sp³-hybridized carbons (Fsp3) is 0.150. The molecule has 0 radical (unpaired) electrons. The number of pyridine rings is 1.